The number of hydrogen-bond donors (Lipinski definition) is 1. The molecular formula is C20H26N4O3. The highest BCUT2D eigenvalue weighted by atomic mass is 16.5. The molecule has 1 aliphatic carbocycles. The third kappa shape index (κ3) is 3.22. The molecule has 3 rings (SSSR count). The largest absolute Gasteiger partial charge is 0.465 e. The Hall–Kier alpha value is -2.70. The summed E-state index contributed by atoms with van der Waals surface area (Å²) < 4.78 is 5.32. The molecule has 0 spiro atoms. The van der Waals surface area contributed by atoms with E-state index in [1.807, 2.05) is 32.9 Å². The zero-order valence-electron chi connectivity index (χ0n) is 16.1. The maximum absolute atomic E-state index is 12.9. The molecule has 1 aliphatic rings. The fourth-order valence-electron chi connectivity index (χ4n) is 3.68. The molecule has 27 heavy (non-hydrogen) atoms. The predicted molar refractivity (Wildman–Crippen MR) is 103 cm³/mol. The van der Waals surface area contributed by atoms with Crippen LogP contribution in [0.5, 0.6) is 0 Å². The van der Waals surface area contributed by atoms with E-state index in [0.29, 0.717) is 30.6 Å². The number of nitrogens with zero attached hydrogens (tertiary/aromatic N) is 3. The lowest BCUT2D eigenvalue weighted by Gasteiger charge is -2.39. The van der Waals surface area contributed by atoms with E-state index < -0.39 is 5.41 Å². The van der Waals surface area contributed by atoms with Crippen molar-refractivity contribution in [2.24, 2.45) is 0 Å². The quantitative estimate of drug-likeness (QED) is 0.785. The highest BCUT2D eigenvalue weighted by Crippen LogP contribution is 2.45. The number of carbonyl (C=O) groups is 2. The van der Waals surface area contributed by atoms with Gasteiger partial charge in [0.15, 0.2) is 0 Å². The third-order valence-electron chi connectivity index (χ3n) is 5.39. The van der Waals surface area contributed by atoms with Gasteiger partial charge in [-0.2, -0.15) is 0 Å². The molecule has 0 aliphatic heterocycles. The summed E-state index contributed by atoms with van der Waals surface area (Å²) in [5, 5.41) is 0.620. The zero-order chi connectivity index (χ0) is 19.6. The van der Waals surface area contributed by atoms with Crippen molar-refractivity contribution in [3.8, 4) is 0 Å². The number of benzene rings is 1. The predicted octanol–water partition coefficient (Wildman–Crippen LogP) is 2.68. The second-order valence-corrected chi connectivity index (χ2v) is 6.80. The summed E-state index contributed by atoms with van der Waals surface area (Å²) in [4.78, 5) is 35.7. The normalized spacial score (nSPS) is 15.2. The molecule has 1 aromatic heterocycles. The van der Waals surface area contributed by atoms with Crippen LogP contribution in [0.2, 0.25) is 0 Å². The number of nitrogen functional groups attached to an aromatic ring is 1. The highest BCUT2D eigenvalue weighted by Gasteiger charge is 2.47. The van der Waals surface area contributed by atoms with Gasteiger partial charge >= 0.3 is 5.97 Å². The average Bonchev–Trinajstić information content (AvgIpc) is 2.61. The first-order valence-corrected chi connectivity index (χ1v) is 9.51. The van der Waals surface area contributed by atoms with Crippen molar-refractivity contribution < 1.29 is 14.3 Å². The Morgan fingerprint density at radius 3 is 2.44 bits per heavy atom. The van der Waals surface area contributed by atoms with Crippen molar-refractivity contribution in [1.82, 2.24) is 14.9 Å². The lowest BCUT2D eigenvalue weighted by molar-refractivity contribution is -0.153. The number of esters is 1. The lowest BCUT2D eigenvalue weighted by atomic mass is 9.64. The van der Waals surface area contributed by atoms with E-state index in [4.69, 9.17) is 10.5 Å². The van der Waals surface area contributed by atoms with E-state index in [0.717, 1.165) is 24.8 Å². The Morgan fingerprint density at radius 2 is 1.89 bits per heavy atom. The van der Waals surface area contributed by atoms with Gasteiger partial charge in [-0.05, 0) is 51.3 Å². The van der Waals surface area contributed by atoms with E-state index in [2.05, 4.69) is 9.97 Å². The number of anilines is 1. The Bertz CT molecular complexity index is 873. The van der Waals surface area contributed by atoms with Crippen LogP contribution < -0.4 is 5.73 Å². The second kappa shape index (κ2) is 7.50. The molecule has 1 aromatic carbocycles. The summed E-state index contributed by atoms with van der Waals surface area (Å²) in [6.07, 6.45) is 2.46. The molecule has 1 fully saturated rings. The van der Waals surface area contributed by atoms with Crippen LogP contribution in [0.15, 0.2) is 18.2 Å². The van der Waals surface area contributed by atoms with Gasteiger partial charge in [0.1, 0.15) is 5.69 Å². The van der Waals surface area contributed by atoms with Crippen molar-refractivity contribution in [2.75, 3.05) is 25.4 Å². The molecule has 7 heteroatoms. The van der Waals surface area contributed by atoms with Crippen LogP contribution in [0.3, 0.4) is 0 Å². The fourth-order valence-corrected chi connectivity index (χ4v) is 3.68. The number of carbonyl (C=O) groups excluding carboxylic acids is 2. The fraction of sp³-hybridized carbons (Fsp3) is 0.500. The van der Waals surface area contributed by atoms with E-state index in [9.17, 15) is 9.59 Å². The van der Waals surface area contributed by atoms with Crippen molar-refractivity contribution >= 4 is 28.7 Å². The number of ether oxygens (including phenoxy) is 1. The van der Waals surface area contributed by atoms with Gasteiger partial charge in [0.05, 0.1) is 17.5 Å². The van der Waals surface area contributed by atoms with Crippen LogP contribution in [0.25, 0.3) is 10.9 Å². The minimum Gasteiger partial charge on any atom is -0.465 e. The Morgan fingerprint density at radius 1 is 1.19 bits per heavy atom. The third-order valence-corrected chi connectivity index (χ3v) is 5.39. The number of amides is 1. The van der Waals surface area contributed by atoms with Crippen molar-refractivity contribution in [2.45, 2.75) is 45.4 Å². The molecule has 7 nitrogen and oxygen atoms in total. The molecule has 1 saturated carbocycles. The van der Waals surface area contributed by atoms with Gasteiger partial charge in [0, 0.05) is 18.5 Å². The zero-order valence-corrected chi connectivity index (χ0v) is 16.1. The standard InChI is InChI=1S/C20H26N4O3/c1-4-24(5-2)17(25)16-14-12-13(8-9-15(14)22-19(21)23-16)20(10-7-11-20)18(26)27-6-3/h8-9,12H,4-7,10-11H2,1-3H3,(H2,21,22,23). The Labute approximate surface area is 158 Å². The van der Waals surface area contributed by atoms with Crippen LogP contribution in [-0.4, -0.2) is 46.4 Å². The van der Waals surface area contributed by atoms with Gasteiger partial charge < -0.3 is 15.4 Å². The maximum atomic E-state index is 12.9. The summed E-state index contributed by atoms with van der Waals surface area (Å²) in [6.45, 7) is 7.15. The number of nitrogens with two attached hydrogens (primary N) is 1. The van der Waals surface area contributed by atoms with Gasteiger partial charge in [-0.1, -0.05) is 12.5 Å². The summed E-state index contributed by atoms with van der Waals surface area (Å²) >= 11 is 0. The average molecular weight is 370 g/mol. The van der Waals surface area contributed by atoms with E-state index in [1.165, 1.54) is 0 Å². The molecule has 1 heterocycles. The number of rotatable bonds is 6. The first-order chi connectivity index (χ1) is 13.0. The Balaban J connectivity index is 2.14. The van der Waals surface area contributed by atoms with E-state index in [-0.39, 0.29) is 23.5 Å². The second-order valence-electron chi connectivity index (χ2n) is 6.80. The Kier molecular flexibility index (Phi) is 5.30. The lowest BCUT2D eigenvalue weighted by Crippen LogP contribution is -2.43. The van der Waals surface area contributed by atoms with Crippen LogP contribution in [0.1, 0.15) is 56.1 Å². The molecule has 2 aromatic rings. The van der Waals surface area contributed by atoms with Gasteiger partial charge in [-0.15, -0.1) is 0 Å². The van der Waals surface area contributed by atoms with Crippen LogP contribution >= 0.6 is 0 Å². The molecule has 1 amide bonds. The van der Waals surface area contributed by atoms with E-state index >= 15 is 0 Å². The van der Waals surface area contributed by atoms with Crippen LogP contribution in [0.4, 0.5) is 5.95 Å². The summed E-state index contributed by atoms with van der Waals surface area (Å²) in [7, 11) is 0. The molecule has 0 radical (unpaired) electrons. The first kappa shape index (κ1) is 19.1. The highest BCUT2D eigenvalue weighted by molar-refractivity contribution is 6.05. The number of fused-ring (bicyclic) bond motifs is 1. The SMILES string of the molecule is CCOC(=O)C1(c2ccc3nc(N)nc(C(=O)N(CC)CC)c3c2)CCC1. The number of hydrogen-bond acceptors (Lipinski definition) is 6. The summed E-state index contributed by atoms with van der Waals surface area (Å²) in [5.74, 6) is -0.326. The smallest absolute Gasteiger partial charge is 0.316 e. The van der Waals surface area contributed by atoms with Gasteiger partial charge in [0.25, 0.3) is 5.91 Å². The number of aromatic nitrogens is 2. The van der Waals surface area contributed by atoms with Crippen molar-refractivity contribution in [3.05, 3.63) is 29.5 Å². The first-order valence-electron chi connectivity index (χ1n) is 9.51. The van der Waals surface area contributed by atoms with Crippen LogP contribution in [0, 0.1) is 0 Å². The molecule has 2 N–H and O–H groups in total. The monoisotopic (exact) mass is 370 g/mol. The van der Waals surface area contributed by atoms with Crippen molar-refractivity contribution in [3.63, 3.8) is 0 Å². The molecule has 144 valence electrons. The molecule has 0 saturated heterocycles. The molecule has 0 bridgehead atoms. The van der Waals surface area contributed by atoms with Gasteiger partial charge in [-0.25, -0.2) is 9.97 Å². The topological polar surface area (TPSA) is 98.4 Å². The minimum atomic E-state index is -0.638. The summed E-state index contributed by atoms with van der Waals surface area (Å²) in [6, 6.07) is 5.55. The molecular weight excluding hydrogens is 344 g/mol. The summed E-state index contributed by atoms with van der Waals surface area (Å²) in [5.41, 5.74) is 6.91. The molecule has 0 unspecified atom stereocenters. The minimum absolute atomic E-state index is 0.0644. The van der Waals surface area contributed by atoms with Gasteiger partial charge in [-0.3, -0.25) is 9.59 Å². The van der Waals surface area contributed by atoms with E-state index in [1.54, 1.807) is 11.0 Å². The van der Waals surface area contributed by atoms with Crippen LogP contribution in [-0.2, 0) is 14.9 Å². The maximum Gasteiger partial charge on any atom is 0.316 e. The molecule has 0 atom stereocenters. The van der Waals surface area contributed by atoms with Crippen molar-refractivity contribution in [1.29, 1.82) is 0 Å². The van der Waals surface area contributed by atoms with Gasteiger partial charge in [0.2, 0.25) is 5.95 Å².